The van der Waals surface area contributed by atoms with E-state index in [2.05, 4.69) is 0 Å². The van der Waals surface area contributed by atoms with Gasteiger partial charge in [-0.15, -0.1) is 0 Å². The van der Waals surface area contributed by atoms with Gasteiger partial charge < -0.3 is 24.1 Å². The van der Waals surface area contributed by atoms with Crippen molar-refractivity contribution < 1.29 is 38.4 Å². The highest BCUT2D eigenvalue weighted by atomic mass is 16.5. The Labute approximate surface area is 219 Å². The van der Waals surface area contributed by atoms with Crippen LogP contribution in [0.15, 0.2) is 72.3 Å². The molecule has 0 saturated carbocycles. The van der Waals surface area contributed by atoms with E-state index in [0.717, 1.165) is 0 Å². The molecule has 3 aromatic rings. The maximum absolute atomic E-state index is 13.4. The van der Waals surface area contributed by atoms with Crippen molar-refractivity contribution in [1.82, 2.24) is 0 Å². The van der Waals surface area contributed by atoms with E-state index >= 15 is 0 Å². The molecular weight excluding hydrogens is 490 g/mol. The van der Waals surface area contributed by atoms with Crippen molar-refractivity contribution in [2.75, 3.05) is 32.8 Å². The van der Waals surface area contributed by atoms with Gasteiger partial charge in [-0.1, -0.05) is 12.1 Å². The number of carbonyl (C=O) groups excluding carboxylic acids is 3. The summed E-state index contributed by atoms with van der Waals surface area (Å²) in [4.78, 5) is 40.2. The van der Waals surface area contributed by atoms with E-state index in [1.807, 2.05) is 0 Å². The van der Waals surface area contributed by atoms with Crippen LogP contribution >= 0.6 is 0 Å². The van der Waals surface area contributed by atoms with Crippen molar-refractivity contribution in [3.63, 3.8) is 0 Å². The Bertz CT molecular complexity index is 1390. The first-order chi connectivity index (χ1) is 18.3. The minimum atomic E-state index is -0.956. The normalized spacial score (nSPS) is 16.3. The summed E-state index contributed by atoms with van der Waals surface area (Å²) in [5.74, 6) is -1.16. The number of nitrogens with zero attached hydrogens (tertiary/aromatic N) is 1. The molecule has 4 rings (SSSR count). The number of methoxy groups -OCH3 is 3. The molecule has 1 saturated heterocycles. The third kappa shape index (κ3) is 4.78. The summed E-state index contributed by atoms with van der Waals surface area (Å²) in [6.07, 6.45) is 0. The number of anilines is 1. The third-order valence-corrected chi connectivity index (χ3v) is 6.19. The van der Waals surface area contributed by atoms with Gasteiger partial charge in [-0.2, -0.15) is 0 Å². The number of esters is 1. The molecule has 1 fully saturated rings. The second-order valence-electron chi connectivity index (χ2n) is 8.28. The lowest BCUT2D eigenvalue weighted by Gasteiger charge is -2.25. The molecule has 0 aromatic heterocycles. The minimum Gasteiger partial charge on any atom is -0.507 e. The van der Waals surface area contributed by atoms with Gasteiger partial charge in [0.15, 0.2) is 11.5 Å². The van der Waals surface area contributed by atoms with E-state index in [0.29, 0.717) is 34.1 Å². The highest BCUT2D eigenvalue weighted by molar-refractivity contribution is 6.51. The minimum absolute atomic E-state index is 0.0955. The summed E-state index contributed by atoms with van der Waals surface area (Å²) in [6.45, 7) is 1.93. The summed E-state index contributed by atoms with van der Waals surface area (Å²) in [6, 6.07) is 16.7. The Morgan fingerprint density at radius 1 is 0.842 bits per heavy atom. The zero-order valence-electron chi connectivity index (χ0n) is 21.4. The smallest absolute Gasteiger partial charge is 0.338 e. The summed E-state index contributed by atoms with van der Waals surface area (Å²) in [7, 11) is 4.47. The predicted octanol–water partition coefficient (Wildman–Crippen LogP) is 4.52. The molecule has 0 bridgehead atoms. The number of ether oxygens (including phenoxy) is 4. The van der Waals surface area contributed by atoms with Crippen LogP contribution in [-0.4, -0.2) is 50.7 Å². The zero-order chi connectivity index (χ0) is 27.4. The Morgan fingerprint density at radius 3 is 2.05 bits per heavy atom. The van der Waals surface area contributed by atoms with E-state index in [9.17, 15) is 19.5 Å². The molecule has 1 aliphatic heterocycles. The average Bonchev–Trinajstić information content (AvgIpc) is 3.22. The number of amides is 1. The Kier molecular flexibility index (Phi) is 7.66. The van der Waals surface area contributed by atoms with Crippen molar-refractivity contribution in [2.45, 2.75) is 13.0 Å². The highest BCUT2D eigenvalue weighted by Gasteiger charge is 2.47. The number of Topliss-reactive ketones (excluding diaryl/α,β-unsaturated/α-hetero) is 1. The summed E-state index contributed by atoms with van der Waals surface area (Å²) in [5.41, 5.74) is 1.42. The van der Waals surface area contributed by atoms with Gasteiger partial charge >= 0.3 is 5.97 Å². The predicted molar refractivity (Wildman–Crippen MR) is 140 cm³/mol. The van der Waals surface area contributed by atoms with Gasteiger partial charge in [-0.3, -0.25) is 14.5 Å². The number of rotatable bonds is 8. The molecule has 1 aliphatic rings. The number of carbonyl (C=O) groups is 3. The van der Waals surface area contributed by atoms with Gasteiger partial charge in [0, 0.05) is 11.3 Å². The van der Waals surface area contributed by atoms with Crippen LogP contribution in [0.2, 0.25) is 0 Å². The molecular formula is C29H27NO8. The number of benzene rings is 3. The number of aliphatic hydroxyl groups is 1. The van der Waals surface area contributed by atoms with E-state index in [-0.39, 0.29) is 23.5 Å². The molecule has 1 unspecified atom stereocenters. The number of hydrogen-bond acceptors (Lipinski definition) is 8. The van der Waals surface area contributed by atoms with Crippen LogP contribution in [0.4, 0.5) is 5.69 Å². The van der Waals surface area contributed by atoms with Gasteiger partial charge in [0.25, 0.3) is 11.7 Å². The number of aliphatic hydroxyl groups excluding tert-OH is 1. The standard InChI is InChI=1S/C29H27NO8/c1-5-38-29(34)18-6-11-20(12-7-18)30-25(17-8-13-21(35-2)14-9-17)24(27(32)28(30)33)26(31)19-10-15-22(36-3)23(16-19)37-4/h6-16,25,31H,5H2,1-4H3/b26-24-. The molecule has 1 amide bonds. The van der Waals surface area contributed by atoms with E-state index in [4.69, 9.17) is 18.9 Å². The van der Waals surface area contributed by atoms with Gasteiger partial charge in [-0.25, -0.2) is 4.79 Å². The average molecular weight is 518 g/mol. The monoisotopic (exact) mass is 517 g/mol. The van der Waals surface area contributed by atoms with Crippen molar-refractivity contribution in [3.05, 3.63) is 89.0 Å². The van der Waals surface area contributed by atoms with E-state index in [1.165, 1.54) is 44.4 Å². The first-order valence-corrected chi connectivity index (χ1v) is 11.8. The molecule has 1 atom stereocenters. The van der Waals surface area contributed by atoms with Gasteiger partial charge in [0.1, 0.15) is 11.5 Å². The van der Waals surface area contributed by atoms with E-state index < -0.39 is 23.7 Å². The Hall–Kier alpha value is -4.79. The molecule has 1 N–H and O–H groups in total. The van der Waals surface area contributed by atoms with E-state index in [1.54, 1.807) is 55.5 Å². The van der Waals surface area contributed by atoms with Crippen molar-refractivity contribution in [3.8, 4) is 17.2 Å². The summed E-state index contributed by atoms with van der Waals surface area (Å²) >= 11 is 0. The molecule has 9 nitrogen and oxygen atoms in total. The van der Waals surface area contributed by atoms with Crippen LogP contribution in [0.1, 0.15) is 34.5 Å². The van der Waals surface area contributed by atoms with Crippen LogP contribution in [0, 0.1) is 0 Å². The van der Waals surface area contributed by atoms with Crippen molar-refractivity contribution >= 4 is 29.1 Å². The summed E-state index contributed by atoms with van der Waals surface area (Å²) < 4.78 is 20.9. The molecule has 3 aromatic carbocycles. The Morgan fingerprint density at radius 2 is 1.47 bits per heavy atom. The third-order valence-electron chi connectivity index (χ3n) is 6.19. The van der Waals surface area contributed by atoms with Gasteiger partial charge in [0.2, 0.25) is 0 Å². The maximum atomic E-state index is 13.4. The number of hydrogen-bond donors (Lipinski definition) is 1. The molecule has 0 spiro atoms. The molecule has 9 heteroatoms. The maximum Gasteiger partial charge on any atom is 0.338 e. The van der Waals surface area contributed by atoms with Crippen LogP contribution in [0.25, 0.3) is 5.76 Å². The first-order valence-electron chi connectivity index (χ1n) is 11.8. The lowest BCUT2D eigenvalue weighted by molar-refractivity contribution is -0.132. The van der Waals surface area contributed by atoms with Crippen molar-refractivity contribution in [1.29, 1.82) is 0 Å². The molecule has 196 valence electrons. The second-order valence-corrected chi connectivity index (χ2v) is 8.28. The van der Waals surface area contributed by atoms with Crippen LogP contribution in [-0.2, 0) is 14.3 Å². The van der Waals surface area contributed by atoms with Crippen LogP contribution in [0.3, 0.4) is 0 Å². The molecule has 0 aliphatic carbocycles. The Balaban J connectivity index is 1.87. The fourth-order valence-electron chi connectivity index (χ4n) is 4.31. The second kappa shape index (κ2) is 11.1. The van der Waals surface area contributed by atoms with Gasteiger partial charge in [-0.05, 0) is 67.1 Å². The lowest BCUT2D eigenvalue weighted by Crippen LogP contribution is -2.29. The fourth-order valence-corrected chi connectivity index (χ4v) is 4.31. The van der Waals surface area contributed by atoms with Gasteiger partial charge in [0.05, 0.1) is 45.1 Å². The van der Waals surface area contributed by atoms with Crippen molar-refractivity contribution in [2.24, 2.45) is 0 Å². The topological polar surface area (TPSA) is 112 Å². The SMILES string of the molecule is CCOC(=O)c1ccc(N2C(=O)C(=O)/C(=C(\O)c3ccc(OC)c(OC)c3)C2c2ccc(OC)cc2)cc1. The highest BCUT2D eigenvalue weighted by Crippen LogP contribution is 2.43. The lowest BCUT2D eigenvalue weighted by atomic mass is 9.95. The molecule has 38 heavy (non-hydrogen) atoms. The molecule has 1 heterocycles. The first kappa shape index (κ1) is 26.3. The van der Waals surface area contributed by atoms with Crippen LogP contribution < -0.4 is 19.1 Å². The quantitative estimate of drug-likeness (QED) is 0.201. The summed E-state index contributed by atoms with van der Waals surface area (Å²) in [5, 5.41) is 11.4. The van der Waals surface area contributed by atoms with Crippen LogP contribution in [0.5, 0.6) is 17.2 Å². The number of ketones is 1. The zero-order valence-corrected chi connectivity index (χ0v) is 21.4. The molecule has 0 radical (unpaired) electrons. The largest absolute Gasteiger partial charge is 0.507 e. The fraction of sp³-hybridized carbons (Fsp3) is 0.207.